The summed E-state index contributed by atoms with van der Waals surface area (Å²) in [6.07, 6.45) is 3.19. The van der Waals surface area contributed by atoms with Crippen molar-refractivity contribution >= 4 is 6.21 Å². The predicted octanol–water partition coefficient (Wildman–Crippen LogP) is 1.43. The van der Waals surface area contributed by atoms with Gasteiger partial charge in [-0.3, -0.25) is 4.99 Å². The predicted molar refractivity (Wildman–Crippen MR) is 79.4 cm³/mol. The van der Waals surface area contributed by atoms with Crippen molar-refractivity contribution in [2.75, 3.05) is 20.7 Å². The second-order valence-electron chi connectivity index (χ2n) is 5.78. The first kappa shape index (κ1) is 14.1. The van der Waals surface area contributed by atoms with Crippen LogP contribution in [0.5, 0.6) is 5.75 Å². The van der Waals surface area contributed by atoms with E-state index < -0.39 is 0 Å². The number of benzene rings is 1. The van der Waals surface area contributed by atoms with Gasteiger partial charge in [-0.25, -0.2) is 0 Å². The number of rotatable bonds is 3. The third-order valence-corrected chi connectivity index (χ3v) is 4.27. The standard InChI is InChI=1S/C16H24N2O/c1-12-11-18(3)13(2)9-16(12)17-10-14-5-7-15(19-4)8-6-14/h5-8,10,12-13,16H,9,11H2,1-4H3/p+1/t12-,13+,16+/m1/s1. The molecule has 0 bridgehead atoms. The highest BCUT2D eigenvalue weighted by Crippen LogP contribution is 2.16. The van der Waals surface area contributed by atoms with Gasteiger partial charge < -0.3 is 9.64 Å². The van der Waals surface area contributed by atoms with E-state index in [4.69, 9.17) is 9.73 Å². The quantitative estimate of drug-likeness (QED) is 0.818. The molecule has 0 spiro atoms. The number of nitrogens with one attached hydrogen (secondary N) is 1. The smallest absolute Gasteiger partial charge is 0.118 e. The number of methoxy groups -OCH3 is 1. The molecular weight excluding hydrogens is 236 g/mol. The average Bonchev–Trinajstić information content (AvgIpc) is 2.42. The van der Waals surface area contributed by atoms with E-state index >= 15 is 0 Å². The molecule has 0 amide bonds. The minimum Gasteiger partial charge on any atom is -0.497 e. The van der Waals surface area contributed by atoms with Gasteiger partial charge in [-0.2, -0.15) is 0 Å². The molecule has 19 heavy (non-hydrogen) atoms. The zero-order valence-corrected chi connectivity index (χ0v) is 12.4. The molecule has 1 heterocycles. The van der Waals surface area contributed by atoms with Crippen LogP contribution in [0.2, 0.25) is 0 Å². The van der Waals surface area contributed by atoms with E-state index in [1.165, 1.54) is 13.0 Å². The van der Waals surface area contributed by atoms with E-state index in [9.17, 15) is 0 Å². The molecule has 0 radical (unpaired) electrons. The minimum absolute atomic E-state index is 0.459. The lowest BCUT2D eigenvalue weighted by atomic mass is 9.90. The summed E-state index contributed by atoms with van der Waals surface area (Å²) >= 11 is 0. The van der Waals surface area contributed by atoms with E-state index in [-0.39, 0.29) is 0 Å². The Kier molecular flexibility index (Phi) is 4.59. The number of likely N-dealkylation sites (tertiary alicyclic amines) is 1. The largest absolute Gasteiger partial charge is 0.497 e. The van der Waals surface area contributed by atoms with Crippen LogP contribution in [0.3, 0.4) is 0 Å². The molecule has 1 saturated heterocycles. The maximum Gasteiger partial charge on any atom is 0.118 e. The summed E-state index contributed by atoms with van der Waals surface area (Å²) in [5, 5.41) is 0. The number of quaternary nitrogens is 1. The van der Waals surface area contributed by atoms with Crippen molar-refractivity contribution in [3.63, 3.8) is 0 Å². The Bertz CT molecular complexity index is 427. The lowest BCUT2D eigenvalue weighted by Crippen LogP contribution is -3.14. The number of ether oxygens (including phenoxy) is 1. The van der Waals surface area contributed by atoms with Gasteiger partial charge in [0.2, 0.25) is 0 Å². The third kappa shape index (κ3) is 3.57. The van der Waals surface area contributed by atoms with Crippen LogP contribution in [-0.2, 0) is 0 Å². The van der Waals surface area contributed by atoms with Crippen molar-refractivity contribution in [2.45, 2.75) is 32.4 Å². The average molecular weight is 261 g/mol. The molecule has 1 fully saturated rings. The van der Waals surface area contributed by atoms with Crippen molar-refractivity contribution < 1.29 is 9.64 Å². The molecule has 0 saturated carbocycles. The molecule has 1 aromatic carbocycles. The van der Waals surface area contributed by atoms with Gasteiger partial charge in [0.25, 0.3) is 0 Å². The summed E-state index contributed by atoms with van der Waals surface area (Å²) in [7, 11) is 3.97. The fraction of sp³-hybridized carbons (Fsp3) is 0.562. The van der Waals surface area contributed by atoms with Gasteiger partial charge in [0, 0.05) is 18.6 Å². The first-order valence-electron chi connectivity index (χ1n) is 7.09. The van der Waals surface area contributed by atoms with Crippen molar-refractivity contribution in [1.29, 1.82) is 0 Å². The molecule has 2 rings (SSSR count). The van der Waals surface area contributed by atoms with Crippen molar-refractivity contribution in [2.24, 2.45) is 10.9 Å². The summed E-state index contributed by atoms with van der Waals surface area (Å²) in [6, 6.07) is 9.22. The molecule has 0 aliphatic carbocycles. The Morgan fingerprint density at radius 3 is 2.58 bits per heavy atom. The molecule has 3 nitrogen and oxygen atoms in total. The number of nitrogens with zero attached hydrogens (tertiary/aromatic N) is 1. The van der Waals surface area contributed by atoms with Crippen LogP contribution in [0.4, 0.5) is 0 Å². The van der Waals surface area contributed by atoms with E-state index in [1.807, 2.05) is 18.3 Å². The highest BCUT2D eigenvalue weighted by molar-refractivity contribution is 5.79. The molecule has 4 atom stereocenters. The van der Waals surface area contributed by atoms with Gasteiger partial charge in [-0.15, -0.1) is 0 Å². The summed E-state index contributed by atoms with van der Waals surface area (Å²) in [4.78, 5) is 6.42. The topological polar surface area (TPSA) is 26.0 Å². The van der Waals surface area contributed by atoms with E-state index in [0.717, 1.165) is 11.3 Å². The maximum absolute atomic E-state index is 5.16. The van der Waals surface area contributed by atoms with Gasteiger partial charge >= 0.3 is 0 Å². The van der Waals surface area contributed by atoms with Crippen LogP contribution in [0.25, 0.3) is 0 Å². The van der Waals surface area contributed by atoms with E-state index in [2.05, 4.69) is 33.0 Å². The molecule has 1 N–H and O–H groups in total. The van der Waals surface area contributed by atoms with Crippen LogP contribution >= 0.6 is 0 Å². The Morgan fingerprint density at radius 1 is 1.26 bits per heavy atom. The maximum atomic E-state index is 5.16. The van der Waals surface area contributed by atoms with Crippen LogP contribution in [0, 0.1) is 5.92 Å². The summed E-state index contributed by atoms with van der Waals surface area (Å²) in [5.41, 5.74) is 1.15. The van der Waals surface area contributed by atoms with Gasteiger partial charge in [-0.05, 0) is 36.8 Å². The number of hydrogen-bond acceptors (Lipinski definition) is 2. The summed E-state index contributed by atoms with van der Waals surface area (Å²) in [6.45, 7) is 5.84. The van der Waals surface area contributed by atoms with Crippen molar-refractivity contribution in [1.82, 2.24) is 0 Å². The summed E-state index contributed by atoms with van der Waals surface area (Å²) in [5.74, 6) is 1.55. The minimum atomic E-state index is 0.459. The lowest BCUT2D eigenvalue weighted by molar-refractivity contribution is -0.913. The normalized spacial score (nSPS) is 31.6. The lowest BCUT2D eigenvalue weighted by Gasteiger charge is -2.34. The number of piperidine rings is 1. The zero-order chi connectivity index (χ0) is 13.8. The molecular formula is C16H25N2O+. The van der Waals surface area contributed by atoms with Crippen LogP contribution in [0.1, 0.15) is 25.8 Å². The number of aliphatic imine (C=N–C) groups is 1. The van der Waals surface area contributed by atoms with Crippen LogP contribution in [0.15, 0.2) is 29.3 Å². The van der Waals surface area contributed by atoms with Crippen molar-refractivity contribution in [3.8, 4) is 5.75 Å². The van der Waals surface area contributed by atoms with Gasteiger partial charge in [0.05, 0.1) is 32.8 Å². The Balaban J connectivity index is 2.00. The van der Waals surface area contributed by atoms with Crippen molar-refractivity contribution in [3.05, 3.63) is 29.8 Å². The molecule has 3 heteroatoms. The molecule has 1 unspecified atom stereocenters. The first-order chi connectivity index (χ1) is 9.10. The highest BCUT2D eigenvalue weighted by atomic mass is 16.5. The molecule has 1 aliphatic rings. The third-order valence-electron chi connectivity index (χ3n) is 4.27. The Morgan fingerprint density at radius 2 is 1.95 bits per heavy atom. The van der Waals surface area contributed by atoms with Crippen LogP contribution < -0.4 is 9.64 Å². The molecule has 1 aromatic rings. The zero-order valence-electron chi connectivity index (χ0n) is 12.4. The van der Waals surface area contributed by atoms with Gasteiger partial charge in [0.15, 0.2) is 0 Å². The van der Waals surface area contributed by atoms with Gasteiger partial charge in [0.1, 0.15) is 5.75 Å². The molecule has 104 valence electrons. The Hall–Kier alpha value is -1.35. The van der Waals surface area contributed by atoms with Crippen LogP contribution in [-0.4, -0.2) is 39.0 Å². The second kappa shape index (κ2) is 6.20. The summed E-state index contributed by atoms with van der Waals surface area (Å²) < 4.78 is 5.16. The Labute approximate surface area is 116 Å². The number of hydrogen-bond donors (Lipinski definition) is 1. The monoisotopic (exact) mass is 261 g/mol. The SMILES string of the molecule is COc1ccc(C=N[C@H]2C[C@H](C)[NH+](C)C[C@H]2C)cc1. The highest BCUT2D eigenvalue weighted by Gasteiger charge is 2.31. The fourth-order valence-electron chi connectivity index (χ4n) is 2.72. The molecule has 0 aromatic heterocycles. The fourth-order valence-corrected chi connectivity index (χ4v) is 2.72. The van der Waals surface area contributed by atoms with E-state index in [1.54, 1.807) is 12.0 Å². The molecule has 1 aliphatic heterocycles. The second-order valence-corrected chi connectivity index (χ2v) is 5.78. The van der Waals surface area contributed by atoms with Gasteiger partial charge in [-0.1, -0.05) is 6.92 Å². The first-order valence-corrected chi connectivity index (χ1v) is 7.09. The van der Waals surface area contributed by atoms with E-state index in [0.29, 0.717) is 18.0 Å².